The zero-order valence-electron chi connectivity index (χ0n) is 14.6. The van der Waals surface area contributed by atoms with Gasteiger partial charge in [-0.25, -0.2) is 17.5 Å². The fourth-order valence-electron chi connectivity index (χ4n) is 2.27. The third-order valence-corrected chi connectivity index (χ3v) is 5.31. The number of nitro benzene ring substituents is 1. The lowest BCUT2D eigenvalue weighted by atomic mass is 10.1. The molecule has 30 heavy (non-hydrogen) atoms. The van der Waals surface area contributed by atoms with Gasteiger partial charge in [-0.3, -0.25) is 14.9 Å². The van der Waals surface area contributed by atoms with Crippen molar-refractivity contribution in [1.29, 1.82) is 0 Å². The minimum Gasteiger partial charge on any atom is -0.453 e. The average Bonchev–Trinajstić information content (AvgIpc) is 2.62. The van der Waals surface area contributed by atoms with Crippen molar-refractivity contribution >= 4 is 33.2 Å². The number of nitrogens with one attached hydrogen (secondary N) is 1. The average molecular weight is 472 g/mol. The summed E-state index contributed by atoms with van der Waals surface area (Å²) < 4.78 is 83.5. The van der Waals surface area contributed by atoms with Gasteiger partial charge in [0, 0.05) is 12.1 Å². The molecule has 1 amide bonds. The van der Waals surface area contributed by atoms with Gasteiger partial charge in [0.2, 0.25) is 10.0 Å². The molecule has 15 heteroatoms. The van der Waals surface area contributed by atoms with E-state index in [1.54, 1.807) is 4.72 Å². The van der Waals surface area contributed by atoms with Crippen LogP contribution in [0.1, 0.15) is 15.9 Å². The van der Waals surface area contributed by atoms with E-state index < -0.39 is 71.1 Å². The number of nitro groups is 1. The molecule has 162 valence electrons. The third kappa shape index (κ3) is 4.60. The van der Waals surface area contributed by atoms with E-state index in [2.05, 4.69) is 0 Å². The minimum atomic E-state index is -4.91. The van der Waals surface area contributed by atoms with E-state index in [0.29, 0.717) is 18.2 Å². The second kappa shape index (κ2) is 8.04. The van der Waals surface area contributed by atoms with Crippen molar-refractivity contribution in [1.82, 2.24) is 4.72 Å². The Bertz CT molecular complexity index is 1130. The van der Waals surface area contributed by atoms with Crippen LogP contribution in [0.25, 0.3) is 0 Å². The summed E-state index contributed by atoms with van der Waals surface area (Å²) in [5.74, 6) is -4.59. The molecular weight excluding hydrogens is 462 g/mol. The van der Waals surface area contributed by atoms with Crippen molar-refractivity contribution in [2.45, 2.75) is 11.1 Å². The van der Waals surface area contributed by atoms with Crippen molar-refractivity contribution in [3.63, 3.8) is 0 Å². The number of hydrogen-bond acceptors (Lipinski definition) is 6. The van der Waals surface area contributed by atoms with E-state index in [1.165, 1.54) is 0 Å². The van der Waals surface area contributed by atoms with Crippen LogP contribution in [0.15, 0.2) is 29.2 Å². The van der Waals surface area contributed by atoms with Gasteiger partial charge in [-0.2, -0.15) is 13.2 Å². The molecule has 2 aromatic rings. The number of alkyl halides is 3. The molecule has 2 aromatic carbocycles. The number of primary amides is 1. The SMILES string of the molecule is CNS(=O)(=O)c1cc(Oc2c(F)cc(C(F)(F)F)cc2Cl)cc(C(N)=O)c1[N+](=O)[O-]. The Morgan fingerprint density at radius 3 is 2.30 bits per heavy atom. The number of sulfonamides is 1. The first-order valence-electron chi connectivity index (χ1n) is 7.49. The number of nitrogens with two attached hydrogens (primary N) is 1. The first-order chi connectivity index (χ1) is 13.7. The number of amides is 1. The lowest BCUT2D eigenvalue weighted by molar-refractivity contribution is -0.388. The summed E-state index contributed by atoms with van der Waals surface area (Å²) in [6.45, 7) is 0. The fourth-order valence-corrected chi connectivity index (χ4v) is 3.45. The largest absolute Gasteiger partial charge is 0.453 e. The Morgan fingerprint density at radius 1 is 1.27 bits per heavy atom. The van der Waals surface area contributed by atoms with Crippen molar-refractivity contribution in [3.8, 4) is 11.5 Å². The van der Waals surface area contributed by atoms with Crippen molar-refractivity contribution in [2.75, 3.05) is 7.05 Å². The highest BCUT2D eigenvalue weighted by Crippen LogP contribution is 2.40. The summed E-state index contributed by atoms with van der Waals surface area (Å²) in [7, 11) is -3.63. The highest BCUT2D eigenvalue weighted by Gasteiger charge is 2.34. The molecule has 0 spiro atoms. The van der Waals surface area contributed by atoms with Crippen LogP contribution in [0.4, 0.5) is 23.2 Å². The first kappa shape index (κ1) is 23.3. The van der Waals surface area contributed by atoms with E-state index in [-0.39, 0.29) is 6.07 Å². The quantitative estimate of drug-likeness (QED) is 0.376. The molecular formula is C15H10ClF4N3O6S. The standard InChI is InChI=1S/C15H10ClF4N3O6S/c1-22-30(27,28)11-5-7(4-8(14(21)24)12(11)23(25)26)29-13-9(16)2-6(3-10(13)17)15(18,19)20/h2-5,22H,1H3,(H2,21,24). The zero-order chi connectivity index (χ0) is 23.0. The molecule has 0 fully saturated rings. The first-order valence-corrected chi connectivity index (χ1v) is 9.35. The van der Waals surface area contributed by atoms with E-state index in [4.69, 9.17) is 22.1 Å². The van der Waals surface area contributed by atoms with Crippen LogP contribution in [0.2, 0.25) is 5.02 Å². The number of benzene rings is 2. The molecule has 0 saturated heterocycles. The van der Waals surface area contributed by atoms with Gasteiger partial charge in [-0.1, -0.05) is 11.6 Å². The van der Waals surface area contributed by atoms with Gasteiger partial charge in [0.25, 0.3) is 5.91 Å². The molecule has 0 atom stereocenters. The maximum absolute atomic E-state index is 14.2. The lowest BCUT2D eigenvalue weighted by Gasteiger charge is -2.14. The van der Waals surface area contributed by atoms with E-state index >= 15 is 0 Å². The summed E-state index contributed by atoms with van der Waals surface area (Å²) in [5, 5.41) is 10.5. The van der Waals surface area contributed by atoms with Crippen LogP contribution in [-0.2, 0) is 16.2 Å². The second-order valence-electron chi connectivity index (χ2n) is 5.52. The van der Waals surface area contributed by atoms with E-state index in [9.17, 15) is 40.9 Å². The number of halogens is 5. The fraction of sp³-hybridized carbons (Fsp3) is 0.133. The number of ether oxygens (including phenoxy) is 1. The summed E-state index contributed by atoms with van der Waals surface area (Å²) in [4.78, 5) is 20.7. The van der Waals surface area contributed by atoms with Gasteiger partial charge < -0.3 is 10.5 Å². The van der Waals surface area contributed by atoms with Crippen LogP contribution in [0, 0.1) is 15.9 Å². The van der Waals surface area contributed by atoms with Crippen LogP contribution in [0.5, 0.6) is 11.5 Å². The molecule has 0 aromatic heterocycles. The molecule has 0 radical (unpaired) electrons. The number of hydrogen-bond donors (Lipinski definition) is 2. The number of carbonyl (C=O) groups is 1. The number of rotatable bonds is 6. The maximum atomic E-state index is 14.2. The monoisotopic (exact) mass is 471 g/mol. The van der Waals surface area contributed by atoms with Gasteiger partial charge in [0.1, 0.15) is 11.3 Å². The van der Waals surface area contributed by atoms with E-state index in [1.807, 2.05) is 0 Å². The molecule has 0 bridgehead atoms. The minimum absolute atomic E-state index is 0.0762. The Morgan fingerprint density at radius 2 is 1.87 bits per heavy atom. The molecule has 0 aliphatic heterocycles. The predicted molar refractivity (Wildman–Crippen MR) is 94.3 cm³/mol. The summed E-state index contributed by atoms with van der Waals surface area (Å²) in [5.41, 5.74) is 1.55. The highest BCUT2D eigenvalue weighted by molar-refractivity contribution is 7.89. The Kier molecular flexibility index (Phi) is 6.25. The number of nitrogens with zero attached hydrogens (tertiary/aromatic N) is 1. The summed E-state index contributed by atoms with van der Waals surface area (Å²) in [6.07, 6.45) is -4.91. The molecule has 0 aliphatic rings. The van der Waals surface area contributed by atoms with Gasteiger partial charge in [0.05, 0.1) is 15.5 Å². The maximum Gasteiger partial charge on any atom is 0.416 e. The number of carbonyl (C=O) groups excluding carboxylic acids is 1. The van der Waals surface area contributed by atoms with Crippen LogP contribution >= 0.6 is 11.6 Å². The topological polar surface area (TPSA) is 142 Å². The second-order valence-corrected chi connectivity index (χ2v) is 7.78. The third-order valence-electron chi connectivity index (χ3n) is 3.60. The van der Waals surface area contributed by atoms with Gasteiger partial charge >= 0.3 is 11.9 Å². The Balaban J connectivity index is 2.73. The normalized spacial score (nSPS) is 11.9. The van der Waals surface area contributed by atoms with Crippen molar-refractivity contribution in [2.24, 2.45) is 5.73 Å². The zero-order valence-corrected chi connectivity index (χ0v) is 16.2. The molecule has 3 N–H and O–H groups in total. The van der Waals surface area contributed by atoms with Crippen molar-refractivity contribution < 1.29 is 40.4 Å². The van der Waals surface area contributed by atoms with Crippen molar-refractivity contribution in [3.05, 3.63) is 56.3 Å². The van der Waals surface area contributed by atoms with E-state index in [0.717, 1.165) is 7.05 Å². The van der Waals surface area contributed by atoms with Crippen LogP contribution < -0.4 is 15.2 Å². The molecule has 0 unspecified atom stereocenters. The lowest BCUT2D eigenvalue weighted by Crippen LogP contribution is -2.22. The summed E-state index contributed by atoms with van der Waals surface area (Å²) in [6, 6.07) is 1.62. The molecule has 0 heterocycles. The van der Waals surface area contributed by atoms with Crippen LogP contribution in [0.3, 0.4) is 0 Å². The Hall–Kier alpha value is -2.97. The highest BCUT2D eigenvalue weighted by atomic mass is 35.5. The summed E-state index contributed by atoms with van der Waals surface area (Å²) >= 11 is 5.64. The Labute approximate surface area is 170 Å². The molecule has 0 aliphatic carbocycles. The molecule has 9 nitrogen and oxygen atoms in total. The van der Waals surface area contributed by atoms with Crippen LogP contribution in [-0.4, -0.2) is 26.3 Å². The smallest absolute Gasteiger partial charge is 0.416 e. The van der Waals surface area contributed by atoms with Gasteiger partial charge in [-0.15, -0.1) is 0 Å². The molecule has 2 rings (SSSR count). The van der Waals surface area contributed by atoms with Gasteiger partial charge in [0.15, 0.2) is 16.5 Å². The van der Waals surface area contributed by atoms with Gasteiger partial charge in [-0.05, 0) is 19.2 Å². The predicted octanol–water partition coefficient (Wildman–Crippen LogP) is 3.21. The molecule has 0 saturated carbocycles.